The Labute approximate surface area is 257 Å². The molecule has 0 spiro atoms. The van der Waals surface area contributed by atoms with Gasteiger partial charge in [0.1, 0.15) is 24.1 Å². The molecule has 1 saturated carbocycles. The molecule has 0 aliphatic heterocycles. The second kappa shape index (κ2) is 14.3. The molecule has 11 heteroatoms. The second-order valence-corrected chi connectivity index (χ2v) is 13.2. The fourth-order valence-corrected chi connectivity index (χ4v) is 6.08. The molecule has 8 nitrogen and oxygen atoms in total. The van der Waals surface area contributed by atoms with Gasteiger partial charge in [-0.3, -0.25) is 13.9 Å². The lowest BCUT2D eigenvalue weighted by Crippen LogP contribution is -2.52. The first kappa shape index (κ1) is 31.7. The van der Waals surface area contributed by atoms with E-state index in [4.69, 9.17) is 27.9 Å². The van der Waals surface area contributed by atoms with Crippen LogP contribution >= 0.6 is 23.2 Å². The number of rotatable bonds is 11. The molecule has 3 aromatic rings. The third-order valence-electron chi connectivity index (χ3n) is 7.24. The van der Waals surface area contributed by atoms with Crippen LogP contribution in [-0.4, -0.2) is 50.0 Å². The summed E-state index contributed by atoms with van der Waals surface area (Å²) in [5.74, 6) is 0.323. The van der Waals surface area contributed by atoms with Crippen molar-refractivity contribution in [2.24, 2.45) is 0 Å². The van der Waals surface area contributed by atoms with Crippen LogP contribution in [0.2, 0.25) is 10.0 Å². The number of carbonyl (C=O) groups excluding carboxylic acids is 2. The highest BCUT2D eigenvalue weighted by molar-refractivity contribution is 7.92. The average Bonchev–Trinajstić information content (AvgIpc) is 2.97. The van der Waals surface area contributed by atoms with E-state index in [9.17, 15) is 18.0 Å². The van der Waals surface area contributed by atoms with Crippen molar-refractivity contribution in [2.45, 2.75) is 57.7 Å². The van der Waals surface area contributed by atoms with Crippen LogP contribution in [0, 0.1) is 0 Å². The van der Waals surface area contributed by atoms with Gasteiger partial charge in [-0.1, -0.05) is 66.7 Å². The number of anilines is 1. The lowest BCUT2D eigenvalue weighted by Gasteiger charge is -2.33. The maximum Gasteiger partial charge on any atom is 0.244 e. The van der Waals surface area contributed by atoms with Gasteiger partial charge in [0.15, 0.2) is 0 Å². The Morgan fingerprint density at radius 2 is 1.57 bits per heavy atom. The van der Waals surface area contributed by atoms with Crippen LogP contribution in [0.15, 0.2) is 72.8 Å². The van der Waals surface area contributed by atoms with Gasteiger partial charge in [-0.05, 0) is 73.9 Å². The molecule has 1 aliphatic carbocycles. The van der Waals surface area contributed by atoms with Gasteiger partial charge in [-0.2, -0.15) is 0 Å². The first-order chi connectivity index (χ1) is 20.0. The SMILES string of the molecule is C[C@@H](C(=O)NC1CCCCC1)N(Cc1ccc(Cl)c(Cl)c1)C(=O)CN(c1ccc(Oc2ccccc2)cc1)S(C)(=O)=O. The maximum atomic E-state index is 13.8. The molecule has 0 heterocycles. The van der Waals surface area contributed by atoms with Crippen LogP contribution in [0.25, 0.3) is 0 Å². The number of hydrogen-bond donors (Lipinski definition) is 1. The van der Waals surface area contributed by atoms with E-state index in [1.165, 1.54) is 4.90 Å². The Bertz CT molecular complexity index is 1480. The van der Waals surface area contributed by atoms with E-state index >= 15 is 0 Å². The van der Waals surface area contributed by atoms with Crippen LogP contribution in [0.5, 0.6) is 11.5 Å². The average molecular weight is 633 g/mol. The van der Waals surface area contributed by atoms with E-state index in [2.05, 4.69) is 5.32 Å². The normalized spacial score (nSPS) is 14.6. The molecular weight excluding hydrogens is 597 g/mol. The fraction of sp³-hybridized carbons (Fsp3) is 0.355. The van der Waals surface area contributed by atoms with Crippen LogP contribution in [-0.2, 0) is 26.2 Å². The topological polar surface area (TPSA) is 96.0 Å². The second-order valence-electron chi connectivity index (χ2n) is 10.5. The lowest BCUT2D eigenvalue weighted by molar-refractivity contribution is -0.139. The predicted octanol–water partition coefficient (Wildman–Crippen LogP) is 6.42. The van der Waals surface area contributed by atoms with Gasteiger partial charge >= 0.3 is 0 Å². The summed E-state index contributed by atoms with van der Waals surface area (Å²) in [6.45, 7) is 1.19. The standard InChI is InChI=1S/C31H35Cl2N3O5S/c1-22(31(38)34-24-9-5-3-6-10-24)35(20-23-13-18-28(32)29(33)19-23)30(37)21-36(42(2,39)40)25-14-16-27(17-15-25)41-26-11-7-4-8-12-26/h4,7-8,11-19,22,24H,3,5-6,9-10,20-21H2,1-2H3,(H,34,38)/t22-/m0/s1. The Kier molecular flexibility index (Phi) is 10.8. The highest BCUT2D eigenvalue weighted by Gasteiger charge is 2.31. The molecule has 0 radical (unpaired) electrons. The molecule has 0 saturated heterocycles. The molecule has 1 atom stereocenters. The van der Waals surface area contributed by atoms with Crippen LogP contribution < -0.4 is 14.4 Å². The highest BCUT2D eigenvalue weighted by atomic mass is 35.5. The summed E-state index contributed by atoms with van der Waals surface area (Å²) >= 11 is 12.3. The minimum Gasteiger partial charge on any atom is -0.457 e. The maximum absolute atomic E-state index is 13.8. The number of halogens is 2. The third kappa shape index (κ3) is 8.63. The van der Waals surface area contributed by atoms with Crippen molar-refractivity contribution < 1.29 is 22.7 Å². The zero-order valence-corrected chi connectivity index (χ0v) is 26.0. The molecule has 2 amide bonds. The Balaban J connectivity index is 1.56. The molecule has 0 unspecified atom stereocenters. The van der Waals surface area contributed by atoms with Crippen LogP contribution in [0.3, 0.4) is 0 Å². The summed E-state index contributed by atoms with van der Waals surface area (Å²) < 4.78 is 32.6. The minimum atomic E-state index is -3.87. The van der Waals surface area contributed by atoms with Crippen molar-refractivity contribution in [3.63, 3.8) is 0 Å². The van der Waals surface area contributed by atoms with Gasteiger partial charge in [-0.15, -0.1) is 0 Å². The number of benzene rings is 3. The molecule has 1 fully saturated rings. The van der Waals surface area contributed by atoms with Crippen molar-refractivity contribution in [3.05, 3.63) is 88.4 Å². The van der Waals surface area contributed by atoms with E-state index in [-0.39, 0.29) is 18.5 Å². The smallest absolute Gasteiger partial charge is 0.244 e. The monoisotopic (exact) mass is 631 g/mol. The Morgan fingerprint density at radius 1 is 0.929 bits per heavy atom. The summed E-state index contributed by atoms with van der Waals surface area (Å²) in [4.78, 5) is 28.5. The number of ether oxygens (including phenoxy) is 1. The summed E-state index contributed by atoms with van der Waals surface area (Å²) in [5.41, 5.74) is 0.948. The molecular formula is C31H35Cl2N3O5S. The summed E-state index contributed by atoms with van der Waals surface area (Å²) in [7, 11) is -3.87. The van der Waals surface area contributed by atoms with Gasteiger partial charge in [0.05, 0.1) is 22.0 Å². The molecule has 0 bridgehead atoms. The van der Waals surface area contributed by atoms with Crippen molar-refractivity contribution in [1.82, 2.24) is 10.2 Å². The van der Waals surface area contributed by atoms with E-state index in [1.54, 1.807) is 49.4 Å². The first-order valence-electron chi connectivity index (χ1n) is 13.9. The van der Waals surface area contributed by atoms with Crippen molar-refractivity contribution in [3.8, 4) is 11.5 Å². The Hall–Kier alpha value is -3.27. The highest BCUT2D eigenvalue weighted by Crippen LogP contribution is 2.27. The number of nitrogens with one attached hydrogen (secondary N) is 1. The summed E-state index contributed by atoms with van der Waals surface area (Å²) in [6.07, 6.45) is 6.06. The fourth-order valence-electron chi connectivity index (χ4n) is 4.90. The number of hydrogen-bond acceptors (Lipinski definition) is 5. The van der Waals surface area contributed by atoms with E-state index in [0.717, 1.165) is 42.7 Å². The van der Waals surface area contributed by atoms with Crippen LogP contribution in [0.1, 0.15) is 44.6 Å². The molecule has 0 aromatic heterocycles. The zero-order chi connectivity index (χ0) is 30.3. The molecule has 42 heavy (non-hydrogen) atoms. The van der Waals surface area contributed by atoms with Gasteiger partial charge in [0.25, 0.3) is 0 Å². The third-order valence-corrected chi connectivity index (χ3v) is 9.12. The first-order valence-corrected chi connectivity index (χ1v) is 16.5. The van der Waals surface area contributed by atoms with Gasteiger partial charge in [-0.25, -0.2) is 8.42 Å². The van der Waals surface area contributed by atoms with Gasteiger partial charge in [0.2, 0.25) is 21.8 Å². The molecule has 4 rings (SSSR count). The molecule has 1 aliphatic rings. The van der Waals surface area contributed by atoms with E-state index < -0.39 is 28.5 Å². The molecule has 224 valence electrons. The number of para-hydroxylation sites is 1. The molecule has 1 N–H and O–H groups in total. The van der Waals surface area contributed by atoms with E-state index in [0.29, 0.717) is 32.8 Å². The number of carbonyl (C=O) groups is 2. The van der Waals surface area contributed by atoms with Crippen LogP contribution in [0.4, 0.5) is 5.69 Å². The molecule has 3 aromatic carbocycles. The largest absolute Gasteiger partial charge is 0.457 e. The van der Waals surface area contributed by atoms with Gasteiger partial charge < -0.3 is 15.0 Å². The quantitative estimate of drug-likeness (QED) is 0.263. The summed E-state index contributed by atoms with van der Waals surface area (Å²) in [5, 5.41) is 3.76. The zero-order valence-electron chi connectivity index (χ0n) is 23.6. The lowest BCUT2D eigenvalue weighted by atomic mass is 9.95. The van der Waals surface area contributed by atoms with Crippen molar-refractivity contribution in [2.75, 3.05) is 17.1 Å². The van der Waals surface area contributed by atoms with E-state index in [1.807, 2.05) is 30.3 Å². The van der Waals surface area contributed by atoms with Crippen molar-refractivity contribution >= 4 is 50.7 Å². The van der Waals surface area contributed by atoms with Gasteiger partial charge in [0, 0.05) is 12.6 Å². The number of nitrogens with zero attached hydrogens (tertiary/aromatic N) is 2. The summed E-state index contributed by atoms with van der Waals surface area (Å²) in [6, 6.07) is 19.8. The minimum absolute atomic E-state index is 0.0381. The Morgan fingerprint density at radius 3 is 2.19 bits per heavy atom. The van der Waals surface area contributed by atoms with Crippen molar-refractivity contribution in [1.29, 1.82) is 0 Å². The number of sulfonamides is 1. The predicted molar refractivity (Wildman–Crippen MR) is 167 cm³/mol. The number of amides is 2.